The smallest absolute Gasteiger partial charge is 0.257 e. The van der Waals surface area contributed by atoms with Crippen LogP contribution >= 0.6 is 0 Å². The zero-order chi connectivity index (χ0) is 13.8. The minimum Gasteiger partial charge on any atom is -0.332 e. The Morgan fingerprint density at radius 1 is 1.37 bits per heavy atom. The molecule has 0 spiro atoms. The van der Waals surface area contributed by atoms with Gasteiger partial charge in [0.1, 0.15) is 0 Å². The third kappa shape index (κ3) is 2.83. The second-order valence-electron chi connectivity index (χ2n) is 4.79. The number of nitrogens with zero attached hydrogens (tertiary/aromatic N) is 1. The maximum atomic E-state index is 13.7. The van der Waals surface area contributed by atoms with Crippen molar-refractivity contribution in [2.24, 2.45) is 0 Å². The number of amides is 1. The Morgan fingerprint density at radius 2 is 2.05 bits per heavy atom. The number of hydrogen-bond acceptors (Lipinski definition) is 1. The van der Waals surface area contributed by atoms with Crippen molar-refractivity contribution in [1.82, 2.24) is 4.90 Å². The molecule has 1 fully saturated rings. The lowest BCUT2D eigenvalue weighted by Gasteiger charge is -2.28. The lowest BCUT2D eigenvalue weighted by atomic mass is 10.1. The van der Waals surface area contributed by atoms with Gasteiger partial charge in [0.25, 0.3) is 5.91 Å². The molecule has 0 saturated heterocycles. The largest absolute Gasteiger partial charge is 0.332 e. The van der Waals surface area contributed by atoms with Gasteiger partial charge < -0.3 is 4.90 Å². The molecule has 19 heavy (non-hydrogen) atoms. The molecule has 0 bridgehead atoms. The molecule has 0 atom stereocenters. The number of halogens is 2. The summed E-state index contributed by atoms with van der Waals surface area (Å²) < 4.78 is 26.9. The zero-order valence-corrected chi connectivity index (χ0v) is 10.7. The highest BCUT2D eigenvalue weighted by molar-refractivity contribution is 5.94. The summed E-state index contributed by atoms with van der Waals surface area (Å²) in [5.41, 5.74) is -0.200. The van der Waals surface area contributed by atoms with Crippen LogP contribution in [0.2, 0.25) is 0 Å². The standard InChI is InChI=1S/C15H17F2NO/c1-2-10-18(11-6-3-4-7-11)15(19)12-8-5-9-13(16)14(12)17/h2,5,8-9,11H,1,3-4,6-7,10H2. The number of rotatable bonds is 4. The van der Waals surface area contributed by atoms with E-state index in [1.807, 2.05) is 0 Å². The number of carbonyl (C=O) groups is 1. The fraction of sp³-hybridized carbons (Fsp3) is 0.400. The van der Waals surface area contributed by atoms with Gasteiger partial charge in [-0.05, 0) is 25.0 Å². The van der Waals surface area contributed by atoms with Crippen LogP contribution in [0.1, 0.15) is 36.0 Å². The van der Waals surface area contributed by atoms with Crippen molar-refractivity contribution in [2.45, 2.75) is 31.7 Å². The Balaban J connectivity index is 2.28. The molecular formula is C15H17F2NO. The first kappa shape index (κ1) is 13.7. The van der Waals surface area contributed by atoms with Crippen molar-refractivity contribution in [2.75, 3.05) is 6.54 Å². The van der Waals surface area contributed by atoms with Crippen molar-refractivity contribution in [3.8, 4) is 0 Å². The van der Waals surface area contributed by atoms with Gasteiger partial charge >= 0.3 is 0 Å². The van der Waals surface area contributed by atoms with Crippen LogP contribution < -0.4 is 0 Å². The van der Waals surface area contributed by atoms with Gasteiger partial charge in [-0.25, -0.2) is 8.78 Å². The van der Waals surface area contributed by atoms with E-state index in [2.05, 4.69) is 6.58 Å². The minimum atomic E-state index is -1.07. The van der Waals surface area contributed by atoms with Gasteiger partial charge in [-0.1, -0.05) is 25.0 Å². The average molecular weight is 265 g/mol. The van der Waals surface area contributed by atoms with Crippen LogP contribution in [0.4, 0.5) is 8.78 Å². The Morgan fingerprint density at radius 3 is 2.68 bits per heavy atom. The molecule has 1 saturated carbocycles. The van der Waals surface area contributed by atoms with E-state index in [-0.39, 0.29) is 11.6 Å². The Hall–Kier alpha value is -1.71. The molecule has 0 aromatic heterocycles. The molecule has 0 unspecified atom stereocenters. The molecule has 0 heterocycles. The Labute approximate surface area is 111 Å². The normalized spacial score (nSPS) is 15.5. The summed E-state index contributed by atoms with van der Waals surface area (Å²) >= 11 is 0. The molecule has 1 aliphatic carbocycles. The number of carbonyl (C=O) groups excluding carboxylic acids is 1. The molecule has 2 nitrogen and oxygen atoms in total. The van der Waals surface area contributed by atoms with Crippen LogP contribution in [-0.4, -0.2) is 23.4 Å². The van der Waals surface area contributed by atoms with Crippen LogP contribution in [0.5, 0.6) is 0 Å². The lowest BCUT2D eigenvalue weighted by Crippen LogP contribution is -2.39. The van der Waals surface area contributed by atoms with E-state index in [1.165, 1.54) is 12.1 Å². The first-order valence-electron chi connectivity index (χ1n) is 6.51. The highest BCUT2D eigenvalue weighted by Crippen LogP contribution is 2.25. The molecule has 1 aromatic carbocycles. The Bertz CT molecular complexity index is 481. The van der Waals surface area contributed by atoms with E-state index in [0.29, 0.717) is 6.54 Å². The monoisotopic (exact) mass is 265 g/mol. The van der Waals surface area contributed by atoms with Crippen molar-refractivity contribution in [3.05, 3.63) is 48.1 Å². The van der Waals surface area contributed by atoms with Crippen molar-refractivity contribution >= 4 is 5.91 Å². The molecule has 1 aliphatic rings. The second-order valence-corrected chi connectivity index (χ2v) is 4.79. The van der Waals surface area contributed by atoms with E-state index in [4.69, 9.17) is 0 Å². The van der Waals surface area contributed by atoms with Crippen LogP contribution in [0.25, 0.3) is 0 Å². The van der Waals surface area contributed by atoms with Crippen molar-refractivity contribution in [3.63, 3.8) is 0 Å². The summed E-state index contributed by atoms with van der Waals surface area (Å²) in [6, 6.07) is 3.80. The Kier molecular flexibility index (Phi) is 4.30. The molecule has 1 aromatic rings. The van der Waals surface area contributed by atoms with Crippen LogP contribution in [0.3, 0.4) is 0 Å². The third-order valence-electron chi connectivity index (χ3n) is 3.53. The summed E-state index contributed by atoms with van der Waals surface area (Å²) in [6.07, 6.45) is 5.58. The molecule has 4 heteroatoms. The van der Waals surface area contributed by atoms with E-state index >= 15 is 0 Å². The zero-order valence-electron chi connectivity index (χ0n) is 10.7. The fourth-order valence-electron chi connectivity index (χ4n) is 2.58. The summed E-state index contributed by atoms with van der Waals surface area (Å²) in [6.45, 7) is 3.99. The number of benzene rings is 1. The van der Waals surface area contributed by atoms with E-state index in [9.17, 15) is 13.6 Å². The lowest BCUT2D eigenvalue weighted by molar-refractivity contribution is 0.0700. The van der Waals surface area contributed by atoms with Crippen LogP contribution in [0, 0.1) is 11.6 Å². The minimum absolute atomic E-state index is 0.105. The van der Waals surface area contributed by atoms with Crippen LogP contribution in [-0.2, 0) is 0 Å². The quantitative estimate of drug-likeness (QED) is 0.763. The molecule has 0 radical (unpaired) electrons. The van der Waals surface area contributed by atoms with E-state index in [0.717, 1.165) is 31.7 Å². The van der Waals surface area contributed by atoms with E-state index in [1.54, 1.807) is 11.0 Å². The van der Waals surface area contributed by atoms with Crippen LogP contribution in [0.15, 0.2) is 30.9 Å². The summed E-state index contributed by atoms with van der Waals surface area (Å²) in [5, 5.41) is 0. The SMILES string of the molecule is C=CCN(C(=O)c1cccc(F)c1F)C1CCCC1. The fourth-order valence-corrected chi connectivity index (χ4v) is 2.58. The molecule has 2 rings (SSSR count). The summed E-state index contributed by atoms with van der Waals surface area (Å²) in [4.78, 5) is 14.0. The molecule has 0 N–H and O–H groups in total. The second kappa shape index (κ2) is 5.95. The molecule has 0 aliphatic heterocycles. The molecule has 102 valence electrons. The number of hydrogen-bond donors (Lipinski definition) is 0. The first-order chi connectivity index (χ1) is 9.15. The maximum absolute atomic E-state index is 13.7. The predicted octanol–water partition coefficient (Wildman–Crippen LogP) is 3.54. The van der Waals surface area contributed by atoms with Gasteiger partial charge in [-0.15, -0.1) is 6.58 Å². The van der Waals surface area contributed by atoms with Gasteiger partial charge in [0.2, 0.25) is 0 Å². The first-order valence-corrected chi connectivity index (χ1v) is 6.51. The maximum Gasteiger partial charge on any atom is 0.257 e. The molecular weight excluding hydrogens is 248 g/mol. The average Bonchev–Trinajstić information content (AvgIpc) is 2.92. The van der Waals surface area contributed by atoms with Gasteiger partial charge in [0.05, 0.1) is 5.56 Å². The van der Waals surface area contributed by atoms with Gasteiger partial charge in [-0.3, -0.25) is 4.79 Å². The highest BCUT2D eigenvalue weighted by atomic mass is 19.2. The predicted molar refractivity (Wildman–Crippen MR) is 69.8 cm³/mol. The summed E-state index contributed by atoms with van der Waals surface area (Å²) in [5.74, 6) is -2.51. The highest BCUT2D eigenvalue weighted by Gasteiger charge is 2.28. The van der Waals surface area contributed by atoms with Gasteiger partial charge in [0, 0.05) is 12.6 Å². The van der Waals surface area contributed by atoms with Crippen molar-refractivity contribution < 1.29 is 13.6 Å². The van der Waals surface area contributed by atoms with Gasteiger partial charge in [-0.2, -0.15) is 0 Å². The van der Waals surface area contributed by atoms with E-state index < -0.39 is 17.5 Å². The molecule has 1 amide bonds. The van der Waals surface area contributed by atoms with Gasteiger partial charge in [0.15, 0.2) is 11.6 Å². The third-order valence-corrected chi connectivity index (χ3v) is 3.53. The summed E-state index contributed by atoms with van der Waals surface area (Å²) in [7, 11) is 0. The van der Waals surface area contributed by atoms with Crippen molar-refractivity contribution in [1.29, 1.82) is 0 Å². The topological polar surface area (TPSA) is 20.3 Å².